The van der Waals surface area contributed by atoms with Crippen LogP contribution in [0.15, 0.2) is 23.0 Å². The monoisotopic (exact) mass is 359 g/mol. The van der Waals surface area contributed by atoms with Crippen molar-refractivity contribution in [2.45, 2.75) is 39.7 Å². The number of carbonyl (C=O) groups is 1. The highest BCUT2D eigenvalue weighted by Crippen LogP contribution is 2.19. The highest BCUT2D eigenvalue weighted by atomic mass is 19.1. The van der Waals surface area contributed by atoms with Crippen LogP contribution in [0.25, 0.3) is 0 Å². The van der Waals surface area contributed by atoms with Crippen LogP contribution in [0.4, 0.5) is 8.78 Å². The zero-order valence-electron chi connectivity index (χ0n) is 14.7. The standard InChI is InChI=1S/C19H19F2N3O2/c1-10-14(11(2)24-19(26)16(10)9-22)6-7-18(25)23-12(3)15-5-4-13(20)8-17(15)21/h4-5,8,12H,6-7H2,1-3H3,(H,23,25)(H,24,26)/t12-/m0/s1. The van der Waals surface area contributed by atoms with Gasteiger partial charge in [-0.25, -0.2) is 8.78 Å². The van der Waals surface area contributed by atoms with Gasteiger partial charge in [-0.05, 0) is 44.4 Å². The largest absolute Gasteiger partial charge is 0.349 e. The Bertz CT molecular complexity index is 945. The zero-order chi connectivity index (χ0) is 19.4. The van der Waals surface area contributed by atoms with Gasteiger partial charge in [-0.3, -0.25) is 9.59 Å². The van der Waals surface area contributed by atoms with Crippen molar-refractivity contribution in [3.05, 3.63) is 68.1 Å². The van der Waals surface area contributed by atoms with E-state index in [2.05, 4.69) is 10.3 Å². The first-order valence-electron chi connectivity index (χ1n) is 8.11. The van der Waals surface area contributed by atoms with Gasteiger partial charge in [0, 0.05) is 23.7 Å². The average Bonchev–Trinajstić information content (AvgIpc) is 2.54. The minimum Gasteiger partial charge on any atom is -0.349 e. The Morgan fingerprint density at radius 2 is 2.04 bits per heavy atom. The van der Waals surface area contributed by atoms with Gasteiger partial charge >= 0.3 is 0 Å². The molecule has 0 aliphatic heterocycles. The summed E-state index contributed by atoms with van der Waals surface area (Å²) in [4.78, 5) is 26.5. The molecule has 2 aromatic rings. The minimum atomic E-state index is -0.719. The molecule has 1 amide bonds. The van der Waals surface area contributed by atoms with Gasteiger partial charge in [-0.2, -0.15) is 5.26 Å². The summed E-state index contributed by atoms with van der Waals surface area (Å²) in [6.07, 6.45) is 0.430. The van der Waals surface area contributed by atoms with E-state index in [0.29, 0.717) is 17.7 Å². The molecule has 7 heteroatoms. The van der Waals surface area contributed by atoms with Gasteiger partial charge in [0.25, 0.3) is 5.56 Å². The fraction of sp³-hybridized carbons (Fsp3) is 0.316. The first kappa shape index (κ1) is 19.3. The summed E-state index contributed by atoms with van der Waals surface area (Å²) >= 11 is 0. The van der Waals surface area contributed by atoms with Crippen LogP contribution in [-0.2, 0) is 11.2 Å². The predicted molar refractivity (Wildman–Crippen MR) is 92.5 cm³/mol. The van der Waals surface area contributed by atoms with Crippen molar-refractivity contribution in [3.8, 4) is 6.07 Å². The molecule has 1 heterocycles. The Morgan fingerprint density at radius 1 is 1.35 bits per heavy atom. The van der Waals surface area contributed by atoms with Crippen LogP contribution in [0.1, 0.15) is 47.3 Å². The molecule has 2 N–H and O–H groups in total. The van der Waals surface area contributed by atoms with Gasteiger partial charge in [0.2, 0.25) is 5.91 Å². The topological polar surface area (TPSA) is 85.8 Å². The SMILES string of the molecule is Cc1[nH]c(=O)c(C#N)c(C)c1CCC(=O)N[C@@H](C)c1ccc(F)cc1F. The fourth-order valence-corrected chi connectivity index (χ4v) is 2.90. The van der Waals surface area contributed by atoms with Gasteiger partial charge in [0.05, 0.1) is 6.04 Å². The van der Waals surface area contributed by atoms with Gasteiger partial charge in [0.15, 0.2) is 0 Å². The predicted octanol–water partition coefficient (Wildman–Crippen LogP) is 2.95. The van der Waals surface area contributed by atoms with Crippen molar-refractivity contribution in [1.29, 1.82) is 5.26 Å². The Hall–Kier alpha value is -3.01. The van der Waals surface area contributed by atoms with Crippen molar-refractivity contribution in [2.75, 3.05) is 0 Å². The highest BCUT2D eigenvalue weighted by molar-refractivity contribution is 5.76. The number of nitriles is 1. The second-order valence-electron chi connectivity index (χ2n) is 6.12. The zero-order valence-corrected chi connectivity index (χ0v) is 14.7. The van der Waals surface area contributed by atoms with Crippen molar-refractivity contribution < 1.29 is 13.6 Å². The number of amides is 1. The van der Waals surface area contributed by atoms with Gasteiger partial charge in [-0.15, -0.1) is 0 Å². The lowest BCUT2D eigenvalue weighted by Crippen LogP contribution is -2.28. The normalized spacial score (nSPS) is 11.7. The van der Waals surface area contributed by atoms with E-state index in [1.165, 1.54) is 6.07 Å². The number of aromatic amines is 1. The maximum Gasteiger partial charge on any atom is 0.266 e. The summed E-state index contributed by atoms with van der Waals surface area (Å²) in [5.74, 6) is -1.71. The smallest absolute Gasteiger partial charge is 0.266 e. The third-order valence-corrected chi connectivity index (χ3v) is 4.33. The van der Waals surface area contributed by atoms with Crippen LogP contribution >= 0.6 is 0 Å². The van der Waals surface area contributed by atoms with E-state index in [1.54, 1.807) is 20.8 Å². The van der Waals surface area contributed by atoms with Gasteiger partial charge in [-0.1, -0.05) is 6.07 Å². The third-order valence-electron chi connectivity index (χ3n) is 4.33. The molecule has 136 valence electrons. The summed E-state index contributed by atoms with van der Waals surface area (Å²) in [5.41, 5.74) is 1.68. The molecule has 26 heavy (non-hydrogen) atoms. The number of pyridine rings is 1. The van der Waals surface area contributed by atoms with E-state index in [4.69, 9.17) is 5.26 Å². The minimum absolute atomic E-state index is 0.0350. The number of carbonyl (C=O) groups excluding carboxylic acids is 1. The molecule has 0 saturated carbocycles. The number of rotatable bonds is 5. The lowest BCUT2D eigenvalue weighted by atomic mass is 9.99. The molecule has 0 aliphatic rings. The van der Waals surface area contributed by atoms with E-state index >= 15 is 0 Å². The van der Waals surface area contributed by atoms with Crippen LogP contribution in [-0.4, -0.2) is 10.9 Å². The van der Waals surface area contributed by atoms with Crippen molar-refractivity contribution >= 4 is 5.91 Å². The number of hydrogen-bond acceptors (Lipinski definition) is 3. The Balaban J connectivity index is 2.08. The van der Waals surface area contributed by atoms with E-state index in [0.717, 1.165) is 17.7 Å². The molecule has 0 unspecified atom stereocenters. The number of hydrogen-bond donors (Lipinski definition) is 2. The number of aromatic nitrogens is 1. The van der Waals surface area contributed by atoms with E-state index in [1.807, 2.05) is 6.07 Å². The summed E-state index contributed by atoms with van der Waals surface area (Å²) < 4.78 is 26.7. The lowest BCUT2D eigenvalue weighted by molar-refractivity contribution is -0.121. The molecule has 0 spiro atoms. The summed E-state index contributed by atoms with van der Waals surface area (Å²) in [6.45, 7) is 4.99. The Morgan fingerprint density at radius 3 is 2.65 bits per heavy atom. The van der Waals surface area contributed by atoms with E-state index in [-0.39, 0.29) is 23.5 Å². The van der Waals surface area contributed by atoms with Crippen molar-refractivity contribution in [1.82, 2.24) is 10.3 Å². The number of aryl methyl sites for hydroxylation is 1. The number of nitrogens with one attached hydrogen (secondary N) is 2. The molecule has 1 aromatic heterocycles. The van der Waals surface area contributed by atoms with Crippen LogP contribution in [0, 0.1) is 36.8 Å². The second kappa shape index (κ2) is 7.91. The molecule has 5 nitrogen and oxygen atoms in total. The first-order chi connectivity index (χ1) is 12.2. The molecule has 0 bridgehead atoms. The molecular formula is C19H19F2N3O2. The number of halogens is 2. The van der Waals surface area contributed by atoms with Crippen molar-refractivity contribution in [2.24, 2.45) is 0 Å². The molecule has 2 rings (SSSR count). The number of H-pyrrole nitrogens is 1. The molecule has 0 aliphatic carbocycles. The van der Waals surface area contributed by atoms with E-state index < -0.39 is 23.2 Å². The summed E-state index contributed by atoms with van der Waals surface area (Å²) in [7, 11) is 0. The highest BCUT2D eigenvalue weighted by Gasteiger charge is 2.16. The second-order valence-corrected chi connectivity index (χ2v) is 6.12. The van der Waals surface area contributed by atoms with Crippen LogP contribution < -0.4 is 10.9 Å². The quantitative estimate of drug-likeness (QED) is 0.861. The van der Waals surface area contributed by atoms with Crippen LogP contribution in [0.2, 0.25) is 0 Å². The molecular weight excluding hydrogens is 340 g/mol. The van der Waals surface area contributed by atoms with Crippen LogP contribution in [0.5, 0.6) is 0 Å². The fourth-order valence-electron chi connectivity index (χ4n) is 2.90. The Labute approximate surface area is 149 Å². The molecule has 1 atom stereocenters. The average molecular weight is 359 g/mol. The lowest BCUT2D eigenvalue weighted by Gasteiger charge is -2.16. The maximum atomic E-state index is 13.8. The Kier molecular flexibility index (Phi) is 5.88. The first-order valence-corrected chi connectivity index (χ1v) is 8.11. The summed E-state index contributed by atoms with van der Waals surface area (Å²) in [5, 5.41) is 11.7. The van der Waals surface area contributed by atoms with Gasteiger partial charge < -0.3 is 10.3 Å². The maximum absolute atomic E-state index is 13.8. The third kappa shape index (κ3) is 4.14. The molecule has 0 fully saturated rings. The molecule has 0 saturated heterocycles. The molecule has 0 radical (unpaired) electrons. The van der Waals surface area contributed by atoms with Crippen molar-refractivity contribution in [3.63, 3.8) is 0 Å². The number of benzene rings is 1. The van der Waals surface area contributed by atoms with Crippen LogP contribution in [0.3, 0.4) is 0 Å². The molecule has 1 aromatic carbocycles. The number of nitrogens with zero attached hydrogens (tertiary/aromatic N) is 1. The summed E-state index contributed by atoms with van der Waals surface area (Å²) in [6, 6.07) is 4.46. The van der Waals surface area contributed by atoms with E-state index in [9.17, 15) is 18.4 Å². The van der Waals surface area contributed by atoms with Gasteiger partial charge in [0.1, 0.15) is 23.3 Å².